The van der Waals surface area contributed by atoms with Gasteiger partial charge in [-0.05, 0) is 38.3 Å². The van der Waals surface area contributed by atoms with Crippen LogP contribution in [0.1, 0.15) is 46.3 Å². The van der Waals surface area contributed by atoms with E-state index in [1.165, 1.54) is 0 Å². The van der Waals surface area contributed by atoms with Crippen LogP contribution in [-0.2, 0) is 0 Å². The van der Waals surface area contributed by atoms with Crippen LogP contribution in [0.15, 0.2) is 40.8 Å². The van der Waals surface area contributed by atoms with Crippen molar-refractivity contribution in [1.82, 2.24) is 5.32 Å². The highest BCUT2D eigenvalue weighted by molar-refractivity contribution is 5.93. The number of nitrogens with one attached hydrogen (secondary N) is 1. The lowest BCUT2D eigenvalue weighted by Gasteiger charge is -2.18. The van der Waals surface area contributed by atoms with Gasteiger partial charge in [0.15, 0.2) is 5.76 Å². The molecule has 4 heteroatoms. The highest BCUT2D eigenvalue weighted by atomic mass is 16.3. The molecule has 0 saturated heterocycles. The fourth-order valence-electron chi connectivity index (χ4n) is 2.39. The van der Waals surface area contributed by atoms with Crippen LogP contribution in [0.25, 0.3) is 0 Å². The van der Waals surface area contributed by atoms with E-state index in [1.54, 1.807) is 0 Å². The monoisotopic (exact) mass is 287 g/mol. The van der Waals surface area contributed by atoms with Crippen LogP contribution in [0.3, 0.4) is 0 Å². The highest BCUT2D eigenvalue weighted by Crippen LogP contribution is 2.20. The quantitative estimate of drug-likeness (QED) is 0.858. The Morgan fingerprint density at radius 2 is 2.00 bits per heavy atom. The van der Waals surface area contributed by atoms with Gasteiger partial charge in [0.2, 0.25) is 0 Å². The van der Waals surface area contributed by atoms with Gasteiger partial charge >= 0.3 is 0 Å². The maximum atomic E-state index is 12.4. The maximum absolute atomic E-state index is 12.4. The number of furan rings is 1. The number of amides is 1. The van der Waals surface area contributed by atoms with E-state index in [2.05, 4.69) is 5.32 Å². The molecule has 0 aliphatic rings. The Bertz CT molecular complexity index is 589. The van der Waals surface area contributed by atoms with Crippen molar-refractivity contribution in [2.75, 3.05) is 6.61 Å². The van der Waals surface area contributed by atoms with Gasteiger partial charge in [-0.25, -0.2) is 0 Å². The fourth-order valence-corrected chi connectivity index (χ4v) is 2.39. The van der Waals surface area contributed by atoms with Gasteiger partial charge in [0.05, 0.1) is 6.04 Å². The van der Waals surface area contributed by atoms with E-state index in [1.807, 2.05) is 50.2 Å². The number of hydrogen-bond donors (Lipinski definition) is 2. The van der Waals surface area contributed by atoms with Crippen LogP contribution in [0.2, 0.25) is 0 Å². The SMILES string of the molecule is Cc1cc(C)c(C(=O)NC(CCCO)c2ccccc2)o1. The maximum Gasteiger partial charge on any atom is 0.287 e. The average molecular weight is 287 g/mol. The highest BCUT2D eigenvalue weighted by Gasteiger charge is 2.19. The van der Waals surface area contributed by atoms with Crippen LogP contribution < -0.4 is 5.32 Å². The number of benzene rings is 1. The number of hydrogen-bond acceptors (Lipinski definition) is 3. The first kappa shape index (κ1) is 15.3. The second kappa shape index (κ2) is 7.09. The Hall–Kier alpha value is -2.07. The molecule has 0 spiro atoms. The zero-order chi connectivity index (χ0) is 15.2. The summed E-state index contributed by atoms with van der Waals surface area (Å²) in [6.07, 6.45) is 1.32. The van der Waals surface area contributed by atoms with Crippen molar-refractivity contribution < 1.29 is 14.3 Å². The van der Waals surface area contributed by atoms with Gasteiger partial charge < -0.3 is 14.8 Å². The van der Waals surface area contributed by atoms with Crippen molar-refractivity contribution in [3.05, 3.63) is 59.0 Å². The third kappa shape index (κ3) is 3.95. The average Bonchev–Trinajstić information content (AvgIpc) is 2.83. The van der Waals surface area contributed by atoms with Gasteiger partial charge in [-0.2, -0.15) is 0 Å². The van der Waals surface area contributed by atoms with E-state index >= 15 is 0 Å². The van der Waals surface area contributed by atoms with Crippen molar-refractivity contribution in [3.63, 3.8) is 0 Å². The molecule has 1 amide bonds. The third-order valence-corrected chi connectivity index (χ3v) is 3.41. The molecule has 2 aromatic rings. The predicted octanol–water partition coefficient (Wildman–Crippen LogP) is 3.14. The summed E-state index contributed by atoms with van der Waals surface area (Å²) in [4.78, 5) is 12.4. The molecule has 2 N–H and O–H groups in total. The molecule has 0 radical (unpaired) electrons. The molecule has 0 aliphatic carbocycles. The molecule has 1 atom stereocenters. The summed E-state index contributed by atoms with van der Waals surface area (Å²) < 4.78 is 5.46. The first-order valence-corrected chi connectivity index (χ1v) is 7.15. The Balaban J connectivity index is 2.15. The lowest BCUT2D eigenvalue weighted by atomic mass is 10.0. The molecule has 1 heterocycles. The normalized spacial score (nSPS) is 12.1. The Kier molecular flexibility index (Phi) is 5.17. The molecule has 1 aromatic carbocycles. The van der Waals surface area contributed by atoms with Crippen molar-refractivity contribution in [1.29, 1.82) is 0 Å². The van der Waals surface area contributed by atoms with Gasteiger partial charge in [-0.1, -0.05) is 30.3 Å². The summed E-state index contributed by atoms with van der Waals surface area (Å²) in [6.45, 7) is 3.79. The first-order chi connectivity index (χ1) is 10.1. The Morgan fingerprint density at radius 1 is 1.29 bits per heavy atom. The number of aliphatic hydroxyl groups excluding tert-OH is 1. The van der Waals surface area contributed by atoms with E-state index < -0.39 is 0 Å². The molecular formula is C17H21NO3. The van der Waals surface area contributed by atoms with E-state index in [-0.39, 0.29) is 18.6 Å². The summed E-state index contributed by atoms with van der Waals surface area (Å²) in [7, 11) is 0. The van der Waals surface area contributed by atoms with Crippen LogP contribution >= 0.6 is 0 Å². The standard InChI is InChI=1S/C17H21NO3/c1-12-11-13(2)21-16(12)17(20)18-15(9-6-10-19)14-7-4-3-5-8-14/h3-5,7-8,11,15,19H,6,9-10H2,1-2H3,(H,18,20). The van der Waals surface area contributed by atoms with E-state index in [0.29, 0.717) is 18.6 Å². The number of carbonyl (C=O) groups excluding carboxylic acids is 1. The molecule has 1 aromatic heterocycles. The van der Waals surface area contributed by atoms with Crippen LogP contribution in [0, 0.1) is 13.8 Å². The summed E-state index contributed by atoms with van der Waals surface area (Å²) in [5.74, 6) is 0.870. The van der Waals surface area contributed by atoms with Gasteiger partial charge in [0.25, 0.3) is 5.91 Å². The topological polar surface area (TPSA) is 62.5 Å². The summed E-state index contributed by atoms with van der Waals surface area (Å²) in [5.41, 5.74) is 1.86. The van der Waals surface area contributed by atoms with Crippen LogP contribution in [-0.4, -0.2) is 17.6 Å². The second-order valence-corrected chi connectivity index (χ2v) is 5.17. The largest absolute Gasteiger partial charge is 0.456 e. The van der Waals surface area contributed by atoms with Crippen molar-refractivity contribution in [3.8, 4) is 0 Å². The van der Waals surface area contributed by atoms with Gasteiger partial charge in [0.1, 0.15) is 5.76 Å². The molecule has 21 heavy (non-hydrogen) atoms. The van der Waals surface area contributed by atoms with Gasteiger partial charge in [-0.15, -0.1) is 0 Å². The van der Waals surface area contributed by atoms with Crippen LogP contribution in [0.5, 0.6) is 0 Å². The molecule has 0 saturated carbocycles. The molecule has 0 fully saturated rings. The number of aliphatic hydroxyl groups is 1. The third-order valence-electron chi connectivity index (χ3n) is 3.41. The van der Waals surface area contributed by atoms with E-state index in [9.17, 15) is 4.79 Å². The molecule has 0 aliphatic heterocycles. The van der Waals surface area contributed by atoms with E-state index in [0.717, 1.165) is 16.9 Å². The zero-order valence-corrected chi connectivity index (χ0v) is 12.4. The lowest BCUT2D eigenvalue weighted by Crippen LogP contribution is -2.29. The molecule has 2 rings (SSSR count). The first-order valence-electron chi connectivity index (χ1n) is 7.15. The number of aryl methyl sites for hydroxylation is 2. The lowest BCUT2D eigenvalue weighted by molar-refractivity contribution is 0.0902. The second-order valence-electron chi connectivity index (χ2n) is 5.17. The fraction of sp³-hybridized carbons (Fsp3) is 0.353. The summed E-state index contributed by atoms with van der Waals surface area (Å²) >= 11 is 0. The van der Waals surface area contributed by atoms with Crippen molar-refractivity contribution in [2.24, 2.45) is 0 Å². The zero-order valence-electron chi connectivity index (χ0n) is 12.4. The minimum absolute atomic E-state index is 0.109. The molecule has 1 unspecified atom stereocenters. The summed E-state index contributed by atoms with van der Waals surface area (Å²) in [6, 6.07) is 11.5. The number of carbonyl (C=O) groups is 1. The van der Waals surface area contributed by atoms with Crippen molar-refractivity contribution >= 4 is 5.91 Å². The smallest absolute Gasteiger partial charge is 0.287 e. The molecule has 112 valence electrons. The Labute approximate surface area is 124 Å². The summed E-state index contributed by atoms with van der Waals surface area (Å²) in [5, 5.41) is 12.0. The Morgan fingerprint density at radius 3 is 2.57 bits per heavy atom. The van der Waals surface area contributed by atoms with Crippen LogP contribution in [0.4, 0.5) is 0 Å². The van der Waals surface area contributed by atoms with Gasteiger partial charge in [-0.3, -0.25) is 4.79 Å². The minimum atomic E-state index is -0.215. The van der Waals surface area contributed by atoms with E-state index in [4.69, 9.17) is 9.52 Å². The molecule has 4 nitrogen and oxygen atoms in total. The van der Waals surface area contributed by atoms with Crippen molar-refractivity contribution in [2.45, 2.75) is 32.7 Å². The van der Waals surface area contributed by atoms with Gasteiger partial charge in [0, 0.05) is 12.2 Å². The molecular weight excluding hydrogens is 266 g/mol. The number of rotatable bonds is 6. The minimum Gasteiger partial charge on any atom is -0.456 e. The predicted molar refractivity (Wildman–Crippen MR) is 81.2 cm³/mol. The molecule has 0 bridgehead atoms.